The summed E-state index contributed by atoms with van der Waals surface area (Å²) in [5.74, 6) is -0.493. The van der Waals surface area contributed by atoms with Crippen LogP contribution < -0.4 is 10.7 Å². The molecule has 0 aliphatic carbocycles. The lowest BCUT2D eigenvalue weighted by molar-refractivity contribution is 0.0997. The van der Waals surface area contributed by atoms with Gasteiger partial charge in [-0.3, -0.25) is 9.59 Å². The van der Waals surface area contributed by atoms with Crippen LogP contribution in [-0.4, -0.2) is 30.9 Å². The molecule has 4 rings (SSSR count). The third-order valence-electron chi connectivity index (χ3n) is 5.16. The molecule has 1 aromatic heterocycles. The number of benzene rings is 2. The quantitative estimate of drug-likeness (QED) is 0.676. The molecule has 0 spiro atoms. The minimum absolute atomic E-state index is 0.0800. The maximum atomic E-state index is 12.6. The van der Waals surface area contributed by atoms with Gasteiger partial charge in [0, 0.05) is 24.8 Å². The summed E-state index contributed by atoms with van der Waals surface area (Å²) in [6.45, 7) is 2.59. The monoisotopic (exact) mass is 426 g/mol. The van der Waals surface area contributed by atoms with Crippen molar-refractivity contribution in [3.63, 3.8) is 0 Å². The van der Waals surface area contributed by atoms with Crippen molar-refractivity contribution in [1.82, 2.24) is 4.31 Å². The van der Waals surface area contributed by atoms with Gasteiger partial charge >= 0.3 is 0 Å². The molecule has 0 fully saturated rings. The van der Waals surface area contributed by atoms with Crippen LogP contribution >= 0.6 is 0 Å². The molecule has 3 aromatic rings. The molecular weight excluding hydrogens is 404 g/mol. The lowest BCUT2D eigenvalue weighted by Crippen LogP contribution is -2.37. The van der Waals surface area contributed by atoms with Crippen molar-refractivity contribution >= 4 is 32.6 Å². The van der Waals surface area contributed by atoms with Crippen LogP contribution in [0.1, 0.15) is 35.0 Å². The summed E-state index contributed by atoms with van der Waals surface area (Å²) in [6, 6.07) is 13.4. The molecule has 0 unspecified atom stereocenters. The molecule has 156 valence electrons. The Bertz CT molecular complexity index is 1280. The minimum atomic E-state index is -3.28. The second-order valence-corrected chi connectivity index (χ2v) is 9.40. The molecule has 0 atom stereocenters. The molecule has 8 heteroatoms. The predicted molar refractivity (Wildman–Crippen MR) is 115 cm³/mol. The fourth-order valence-corrected chi connectivity index (χ4v) is 5.12. The largest absolute Gasteiger partial charge is 0.451 e. The summed E-state index contributed by atoms with van der Waals surface area (Å²) < 4.78 is 31.9. The fraction of sp³-hybridized carbons (Fsp3) is 0.273. The Labute approximate surface area is 174 Å². The second-order valence-electron chi connectivity index (χ2n) is 7.31. The van der Waals surface area contributed by atoms with Crippen molar-refractivity contribution in [3.05, 3.63) is 75.6 Å². The zero-order chi connectivity index (χ0) is 21.3. The molecule has 7 nitrogen and oxygen atoms in total. The highest BCUT2D eigenvalue weighted by Crippen LogP contribution is 2.25. The van der Waals surface area contributed by atoms with E-state index in [1.807, 2.05) is 13.0 Å². The van der Waals surface area contributed by atoms with Gasteiger partial charge in [0.05, 0.1) is 11.1 Å². The SMILES string of the molecule is CCCS(=O)(=O)N1CCc2ccc(NC(=O)c3cc(=O)c4ccccc4o3)cc2C1. The molecule has 1 aliphatic heterocycles. The topological polar surface area (TPSA) is 96.7 Å². The van der Waals surface area contributed by atoms with Crippen LogP contribution in [0.25, 0.3) is 11.0 Å². The molecule has 1 amide bonds. The molecule has 2 aromatic carbocycles. The zero-order valence-electron chi connectivity index (χ0n) is 16.6. The Morgan fingerprint density at radius 1 is 1.13 bits per heavy atom. The molecule has 2 heterocycles. The van der Waals surface area contributed by atoms with Gasteiger partial charge in [-0.25, -0.2) is 8.42 Å². The first-order valence-electron chi connectivity index (χ1n) is 9.81. The van der Waals surface area contributed by atoms with Crippen molar-refractivity contribution < 1.29 is 17.6 Å². The second kappa shape index (κ2) is 8.04. The van der Waals surface area contributed by atoms with Gasteiger partial charge in [-0.2, -0.15) is 4.31 Å². The summed E-state index contributed by atoms with van der Waals surface area (Å²) in [5, 5.41) is 3.15. The summed E-state index contributed by atoms with van der Waals surface area (Å²) in [5.41, 5.74) is 2.50. The summed E-state index contributed by atoms with van der Waals surface area (Å²) in [6.07, 6.45) is 1.20. The van der Waals surface area contributed by atoms with E-state index in [0.717, 1.165) is 11.1 Å². The highest BCUT2D eigenvalue weighted by atomic mass is 32.2. The minimum Gasteiger partial charge on any atom is -0.451 e. The molecule has 0 bridgehead atoms. The Morgan fingerprint density at radius 3 is 2.73 bits per heavy atom. The Morgan fingerprint density at radius 2 is 1.93 bits per heavy atom. The third-order valence-corrected chi connectivity index (χ3v) is 7.18. The van der Waals surface area contributed by atoms with Crippen molar-refractivity contribution in [2.75, 3.05) is 17.6 Å². The highest BCUT2D eigenvalue weighted by Gasteiger charge is 2.26. The number of carbonyl (C=O) groups is 1. The van der Waals surface area contributed by atoms with E-state index in [9.17, 15) is 18.0 Å². The van der Waals surface area contributed by atoms with Gasteiger partial charge in [0.15, 0.2) is 11.2 Å². The van der Waals surface area contributed by atoms with Crippen molar-refractivity contribution in [2.45, 2.75) is 26.3 Å². The molecule has 1 N–H and O–H groups in total. The molecule has 30 heavy (non-hydrogen) atoms. The van der Waals surface area contributed by atoms with Crippen LogP contribution in [0.5, 0.6) is 0 Å². The van der Waals surface area contributed by atoms with E-state index in [1.54, 1.807) is 36.4 Å². The van der Waals surface area contributed by atoms with Crippen LogP contribution in [0, 0.1) is 0 Å². The lowest BCUT2D eigenvalue weighted by atomic mass is 10.0. The fourth-order valence-electron chi connectivity index (χ4n) is 3.64. The Balaban J connectivity index is 1.57. The van der Waals surface area contributed by atoms with Gasteiger partial charge in [-0.05, 0) is 48.2 Å². The van der Waals surface area contributed by atoms with Gasteiger partial charge in [0.1, 0.15) is 5.58 Å². The smallest absolute Gasteiger partial charge is 0.291 e. The molecule has 1 aliphatic rings. The van der Waals surface area contributed by atoms with E-state index in [0.29, 0.717) is 36.0 Å². The van der Waals surface area contributed by atoms with Crippen LogP contribution in [0.15, 0.2) is 57.7 Å². The van der Waals surface area contributed by atoms with E-state index in [-0.39, 0.29) is 23.5 Å². The Hall–Kier alpha value is -2.97. The van der Waals surface area contributed by atoms with Crippen LogP contribution in [-0.2, 0) is 23.0 Å². The number of para-hydroxylation sites is 1. The maximum absolute atomic E-state index is 12.6. The number of fused-ring (bicyclic) bond motifs is 2. The average molecular weight is 426 g/mol. The maximum Gasteiger partial charge on any atom is 0.291 e. The summed E-state index contributed by atoms with van der Waals surface area (Å²) >= 11 is 0. The van der Waals surface area contributed by atoms with Gasteiger partial charge in [0.2, 0.25) is 10.0 Å². The zero-order valence-corrected chi connectivity index (χ0v) is 17.4. The van der Waals surface area contributed by atoms with Crippen LogP contribution in [0.3, 0.4) is 0 Å². The van der Waals surface area contributed by atoms with E-state index >= 15 is 0 Å². The number of sulfonamides is 1. The number of hydrogen-bond acceptors (Lipinski definition) is 5. The first-order valence-corrected chi connectivity index (χ1v) is 11.4. The normalized spacial score (nSPS) is 14.4. The molecule has 0 radical (unpaired) electrons. The summed E-state index contributed by atoms with van der Waals surface area (Å²) in [4.78, 5) is 24.9. The number of carbonyl (C=O) groups excluding carboxylic acids is 1. The number of rotatable bonds is 5. The van der Waals surface area contributed by atoms with Gasteiger partial charge in [-0.15, -0.1) is 0 Å². The number of amides is 1. The van der Waals surface area contributed by atoms with E-state index in [4.69, 9.17) is 4.42 Å². The lowest BCUT2D eigenvalue weighted by Gasteiger charge is -2.28. The Kier molecular flexibility index (Phi) is 5.44. The van der Waals surface area contributed by atoms with E-state index in [1.165, 1.54) is 10.4 Å². The molecule has 0 saturated carbocycles. The number of hydrogen-bond donors (Lipinski definition) is 1. The number of nitrogens with zero attached hydrogens (tertiary/aromatic N) is 1. The van der Waals surface area contributed by atoms with Gasteiger partial charge in [-0.1, -0.05) is 25.1 Å². The number of nitrogens with one attached hydrogen (secondary N) is 1. The van der Waals surface area contributed by atoms with E-state index in [2.05, 4.69) is 5.32 Å². The van der Waals surface area contributed by atoms with E-state index < -0.39 is 15.9 Å². The van der Waals surface area contributed by atoms with Crippen molar-refractivity contribution in [1.29, 1.82) is 0 Å². The van der Waals surface area contributed by atoms with Crippen LogP contribution in [0.4, 0.5) is 5.69 Å². The van der Waals surface area contributed by atoms with Crippen LogP contribution in [0.2, 0.25) is 0 Å². The molecule has 0 saturated heterocycles. The highest BCUT2D eigenvalue weighted by molar-refractivity contribution is 7.89. The van der Waals surface area contributed by atoms with Gasteiger partial charge in [0.25, 0.3) is 5.91 Å². The predicted octanol–water partition coefficient (Wildman–Crippen LogP) is 3.14. The first-order chi connectivity index (χ1) is 14.4. The molecular formula is C22H22N2O5S. The number of anilines is 1. The van der Waals surface area contributed by atoms with Crippen molar-refractivity contribution in [3.8, 4) is 0 Å². The van der Waals surface area contributed by atoms with Gasteiger partial charge < -0.3 is 9.73 Å². The first kappa shape index (κ1) is 20.3. The standard InChI is InChI=1S/C22H22N2O5S/c1-2-11-30(27,28)24-10-9-15-7-8-17(12-16(15)14-24)23-22(26)21-13-19(25)18-5-3-4-6-20(18)29-21/h3-8,12-13H,2,9-11,14H2,1H3,(H,23,26). The third kappa shape index (κ3) is 4.01. The average Bonchev–Trinajstić information content (AvgIpc) is 2.73. The summed E-state index contributed by atoms with van der Waals surface area (Å²) in [7, 11) is -3.28. The van der Waals surface area contributed by atoms with Crippen molar-refractivity contribution in [2.24, 2.45) is 0 Å².